The average molecular weight is 426 g/mol. The number of hydrogen-bond donors (Lipinski definition) is 2. The maximum absolute atomic E-state index is 13.7. The molecule has 1 saturated carbocycles. The van der Waals surface area contributed by atoms with Gasteiger partial charge in [0.05, 0.1) is 18.0 Å². The fourth-order valence-electron chi connectivity index (χ4n) is 4.62. The normalized spacial score (nSPS) is 23.3. The van der Waals surface area contributed by atoms with E-state index < -0.39 is 5.92 Å². The summed E-state index contributed by atoms with van der Waals surface area (Å²) in [6.45, 7) is 1.35. The van der Waals surface area contributed by atoms with Crippen molar-refractivity contribution < 1.29 is 14.3 Å². The zero-order valence-corrected chi connectivity index (χ0v) is 16.9. The van der Waals surface area contributed by atoms with Crippen LogP contribution in [-0.4, -0.2) is 41.7 Å². The lowest BCUT2D eigenvalue weighted by Gasteiger charge is -2.24. The van der Waals surface area contributed by atoms with Gasteiger partial charge in [0.25, 0.3) is 0 Å². The van der Waals surface area contributed by atoms with Crippen LogP contribution in [0.1, 0.15) is 11.5 Å². The zero-order valence-electron chi connectivity index (χ0n) is 16.1. The first-order valence-electron chi connectivity index (χ1n) is 10.0. The Morgan fingerprint density at radius 2 is 1.93 bits per heavy atom. The number of nitrogens with zero attached hydrogens (tertiary/aromatic N) is 2. The predicted octanol–water partition coefficient (Wildman–Crippen LogP) is 3.35. The van der Waals surface area contributed by atoms with Crippen molar-refractivity contribution in [2.45, 2.75) is 12.0 Å². The fourth-order valence-corrected chi connectivity index (χ4v) is 4.74. The van der Waals surface area contributed by atoms with Crippen LogP contribution in [0, 0.1) is 17.7 Å². The molecule has 5 nitrogen and oxygen atoms in total. The van der Waals surface area contributed by atoms with Crippen molar-refractivity contribution in [3.63, 3.8) is 0 Å². The average Bonchev–Trinajstić information content (AvgIpc) is 3.18. The summed E-state index contributed by atoms with van der Waals surface area (Å²) in [5.74, 6) is -0.330. The molecule has 0 radical (unpaired) electrons. The third-order valence-electron chi connectivity index (χ3n) is 6.30. The van der Waals surface area contributed by atoms with Crippen LogP contribution in [0.15, 0.2) is 54.7 Å². The van der Waals surface area contributed by atoms with Gasteiger partial charge in [0, 0.05) is 53.3 Å². The van der Waals surface area contributed by atoms with Gasteiger partial charge in [-0.3, -0.25) is 9.78 Å². The van der Waals surface area contributed by atoms with E-state index in [9.17, 15) is 14.3 Å². The molecule has 3 atom stereocenters. The highest BCUT2D eigenvalue weighted by atomic mass is 35.5. The molecule has 1 aliphatic heterocycles. The van der Waals surface area contributed by atoms with Crippen LogP contribution in [-0.2, 0) is 4.79 Å². The van der Waals surface area contributed by atoms with Gasteiger partial charge < -0.3 is 15.3 Å². The van der Waals surface area contributed by atoms with Crippen molar-refractivity contribution in [3.05, 3.63) is 71.1 Å². The number of amides is 1. The highest BCUT2D eigenvalue weighted by Gasteiger charge is 2.56. The fraction of sp³-hybridized carbons (Fsp3) is 0.304. The minimum absolute atomic E-state index is 0.111. The molecule has 0 bridgehead atoms. The molecule has 3 unspecified atom stereocenters. The molecular formula is C23H21ClFN3O2. The van der Waals surface area contributed by atoms with E-state index in [1.54, 1.807) is 36.5 Å². The molecule has 7 heteroatoms. The van der Waals surface area contributed by atoms with Crippen molar-refractivity contribution in [2.75, 3.05) is 24.6 Å². The first-order valence-corrected chi connectivity index (χ1v) is 10.4. The number of pyridine rings is 1. The molecule has 2 heterocycles. The number of nitrogens with one attached hydrogen (secondary N) is 1. The summed E-state index contributed by atoms with van der Waals surface area (Å²) in [6.07, 6.45) is 1.75. The van der Waals surface area contributed by atoms with Crippen molar-refractivity contribution in [1.29, 1.82) is 0 Å². The molecule has 0 spiro atoms. The topological polar surface area (TPSA) is 65.5 Å². The van der Waals surface area contributed by atoms with Gasteiger partial charge in [0.1, 0.15) is 5.82 Å². The van der Waals surface area contributed by atoms with Gasteiger partial charge in [-0.25, -0.2) is 4.39 Å². The first-order chi connectivity index (χ1) is 14.5. The molecule has 5 rings (SSSR count). The lowest BCUT2D eigenvalue weighted by Crippen LogP contribution is -2.38. The summed E-state index contributed by atoms with van der Waals surface area (Å²) in [4.78, 5) is 19.3. The lowest BCUT2D eigenvalue weighted by molar-refractivity contribution is -0.123. The molecule has 2 N–H and O–H groups in total. The van der Waals surface area contributed by atoms with E-state index in [1.807, 2.05) is 6.07 Å². The van der Waals surface area contributed by atoms with Crippen LogP contribution in [0.3, 0.4) is 0 Å². The van der Waals surface area contributed by atoms with Gasteiger partial charge in [-0.05, 0) is 42.0 Å². The van der Waals surface area contributed by atoms with Gasteiger partial charge in [-0.1, -0.05) is 23.7 Å². The molecule has 154 valence electrons. The number of fused-ring (bicyclic) bond motifs is 2. The monoisotopic (exact) mass is 425 g/mol. The zero-order chi connectivity index (χ0) is 20.8. The largest absolute Gasteiger partial charge is 0.395 e. The van der Waals surface area contributed by atoms with Gasteiger partial charge in [-0.15, -0.1) is 0 Å². The van der Waals surface area contributed by atoms with E-state index in [0.29, 0.717) is 16.9 Å². The van der Waals surface area contributed by atoms with E-state index in [4.69, 9.17) is 11.6 Å². The summed E-state index contributed by atoms with van der Waals surface area (Å²) in [7, 11) is 0. The van der Waals surface area contributed by atoms with Gasteiger partial charge in [-0.2, -0.15) is 0 Å². The van der Waals surface area contributed by atoms with Crippen LogP contribution >= 0.6 is 11.6 Å². The number of carbonyl (C=O) groups excluding carboxylic acids is 1. The maximum atomic E-state index is 13.7. The standard InChI is InChI=1S/C23H21ClFN3O2/c24-14-3-1-13(2-4-14)19(12-29)23(30)27-22-17-10-28(11-18(17)22)21-7-8-26-20-6-5-15(25)9-16(20)21/h1-9,17-19,22,29H,10-12H2,(H,27,30). The smallest absolute Gasteiger partial charge is 0.230 e. The van der Waals surface area contributed by atoms with Crippen LogP contribution in [0.25, 0.3) is 10.9 Å². The molecule has 2 fully saturated rings. The van der Waals surface area contributed by atoms with Crippen molar-refractivity contribution in [2.24, 2.45) is 11.8 Å². The molecule has 2 aliphatic rings. The molecule has 1 saturated heterocycles. The number of anilines is 1. The SMILES string of the molecule is O=C(NC1C2CN(c3ccnc4ccc(F)cc34)CC21)C(CO)c1ccc(Cl)cc1. The number of aliphatic hydroxyl groups is 1. The third-order valence-corrected chi connectivity index (χ3v) is 6.55. The number of hydrogen-bond acceptors (Lipinski definition) is 4. The number of aliphatic hydroxyl groups excluding tert-OH is 1. The quantitative estimate of drug-likeness (QED) is 0.658. The molecular weight excluding hydrogens is 405 g/mol. The molecule has 2 aromatic carbocycles. The maximum Gasteiger partial charge on any atom is 0.230 e. The van der Waals surface area contributed by atoms with Crippen LogP contribution in [0.5, 0.6) is 0 Å². The number of rotatable bonds is 5. The molecule has 1 amide bonds. The van der Waals surface area contributed by atoms with Crippen molar-refractivity contribution >= 4 is 34.1 Å². The highest BCUT2D eigenvalue weighted by Crippen LogP contribution is 2.48. The molecule has 3 aromatic rings. The predicted molar refractivity (Wildman–Crippen MR) is 114 cm³/mol. The van der Waals surface area contributed by atoms with E-state index in [0.717, 1.165) is 35.2 Å². The van der Waals surface area contributed by atoms with Crippen LogP contribution < -0.4 is 10.2 Å². The molecule has 1 aromatic heterocycles. The van der Waals surface area contributed by atoms with Gasteiger partial charge in [0.15, 0.2) is 0 Å². The van der Waals surface area contributed by atoms with E-state index >= 15 is 0 Å². The number of aromatic nitrogens is 1. The molecule has 30 heavy (non-hydrogen) atoms. The minimum atomic E-state index is -0.605. The summed E-state index contributed by atoms with van der Waals surface area (Å²) >= 11 is 5.91. The number of benzene rings is 2. The summed E-state index contributed by atoms with van der Waals surface area (Å²) in [5.41, 5.74) is 2.50. The Kier molecular flexibility index (Phi) is 4.83. The first kappa shape index (κ1) is 19.3. The second-order valence-corrected chi connectivity index (χ2v) is 8.48. The summed E-state index contributed by atoms with van der Waals surface area (Å²) in [5, 5.41) is 14.2. The number of piperidine rings is 1. The summed E-state index contributed by atoms with van der Waals surface area (Å²) in [6, 6.07) is 13.7. The summed E-state index contributed by atoms with van der Waals surface area (Å²) < 4.78 is 13.7. The number of halogens is 2. The Morgan fingerprint density at radius 1 is 1.20 bits per heavy atom. The van der Waals surface area contributed by atoms with Crippen LogP contribution in [0.4, 0.5) is 10.1 Å². The Balaban J connectivity index is 1.25. The van der Waals surface area contributed by atoms with Crippen molar-refractivity contribution in [3.8, 4) is 0 Å². The van der Waals surface area contributed by atoms with E-state index in [2.05, 4.69) is 15.2 Å². The van der Waals surface area contributed by atoms with Gasteiger partial charge >= 0.3 is 0 Å². The van der Waals surface area contributed by atoms with Crippen molar-refractivity contribution in [1.82, 2.24) is 10.3 Å². The molecule has 1 aliphatic carbocycles. The Bertz CT molecular complexity index is 1100. The van der Waals surface area contributed by atoms with E-state index in [-0.39, 0.29) is 24.4 Å². The minimum Gasteiger partial charge on any atom is -0.395 e. The van der Waals surface area contributed by atoms with Gasteiger partial charge in [0.2, 0.25) is 5.91 Å². The second-order valence-electron chi connectivity index (χ2n) is 8.05. The lowest BCUT2D eigenvalue weighted by atomic mass is 9.99. The Morgan fingerprint density at radius 3 is 2.63 bits per heavy atom. The Labute approximate surface area is 178 Å². The number of carbonyl (C=O) groups is 1. The van der Waals surface area contributed by atoms with Crippen LogP contribution in [0.2, 0.25) is 5.02 Å². The second kappa shape index (κ2) is 7.52. The Hall–Kier alpha value is -2.70. The highest BCUT2D eigenvalue weighted by molar-refractivity contribution is 6.30. The third kappa shape index (κ3) is 3.40. The van der Waals surface area contributed by atoms with E-state index in [1.165, 1.54) is 12.1 Å².